The van der Waals surface area contributed by atoms with E-state index in [1.807, 2.05) is 24.3 Å². The van der Waals surface area contributed by atoms with Crippen LogP contribution < -0.4 is 9.80 Å². The summed E-state index contributed by atoms with van der Waals surface area (Å²) in [5.74, 6) is 1.90. The Morgan fingerprint density at radius 2 is 2.04 bits per heavy atom. The minimum atomic E-state index is 0.0494. The molecule has 0 atom stereocenters. The summed E-state index contributed by atoms with van der Waals surface area (Å²) < 4.78 is 0. The van der Waals surface area contributed by atoms with Gasteiger partial charge < -0.3 is 9.80 Å². The Kier molecular flexibility index (Phi) is 4.50. The first-order chi connectivity index (χ1) is 11.1. The Bertz CT molecular complexity index is 650. The van der Waals surface area contributed by atoms with Crippen LogP contribution in [0, 0.1) is 0 Å². The average molecular weight is 311 g/mol. The summed E-state index contributed by atoms with van der Waals surface area (Å²) in [5.41, 5.74) is 0.658. The van der Waals surface area contributed by atoms with Crippen molar-refractivity contribution in [2.75, 3.05) is 29.9 Å². The summed E-state index contributed by atoms with van der Waals surface area (Å²) in [7, 11) is 2.07. The number of rotatable bonds is 4. The lowest BCUT2D eigenvalue weighted by Crippen LogP contribution is -2.44. The highest BCUT2D eigenvalue weighted by Gasteiger charge is 2.24. The molecule has 0 radical (unpaired) electrons. The van der Waals surface area contributed by atoms with Crippen LogP contribution >= 0.6 is 0 Å². The highest BCUT2D eigenvalue weighted by atomic mass is 16.1. The van der Waals surface area contributed by atoms with Crippen LogP contribution in [0.5, 0.6) is 0 Å². The van der Waals surface area contributed by atoms with E-state index < -0.39 is 0 Å². The summed E-state index contributed by atoms with van der Waals surface area (Å²) >= 11 is 0. The van der Waals surface area contributed by atoms with E-state index in [4.69, 9.17) is 0 Å². The number of pyridine rings is 1. The smallest absolute Gasteiger partial charge is 0.161 e. The van der Waals surface area contributed by atoms with Gasteiger partial charge in [0.1, 0.15) is 5.82 Å². The van der Waals surface area contributed by atoms with Gasteiger partial charge in [0.2, 0.25) is 0 Å². The molecule has 6 heteroatoms. The van der Waals surface area contributed by atoms with Crippen molar-refractivity contribution in [1.82, 2.24) is 15.2 Å². The van der Waals surface area contributed by atoms with Crippen LogP contribution in [-0.2, 0) is 0 Å². The molecular weight excluding hydrogens is 290 g/mol. The lowest BCUT2D eigenvalue weighted by atomic mass is 10.0. The van der Waals surface area contributed by atoms with E-state index >= 15 is 0 Å². The number of Topliss-reactive ketones (excluding diaryl/α,β-unsaturated/α-hetero) is 1. The van der Waals surface area contributed by atoms with Gasteiger partial charge in [-0.05, 0) is 44.0 Å². The summed E-state index contributed by atoms with van der Waals surface area (Å²) in [4.78, 5) is 20.2. The summed E-state index contributed by atoms with van der Waals surface area (Å²) in [6.45, 7) is 3.45. The van der Waals surface area contributed by atoms with Crippen molar-refractivity contribution in [3.63, 3.8) is 0 Å². The molecule has 0 N–H and O–H groups in total. The molecule has 0 aromatic carbocycles. The molecule has 6 nitrogen and oxygen atoms in total. The van der Waals surface area contributed by atoms with E-state index in [0.717, 1.165) is 37.6 Å². The first kappa shape index (κ1) is 15.4. The molecule has 2 aromatic heterocycles. The van der Waals surface area contributed by atoms with Crippen LogP contribution in [0.3, 0.4) is 0 Å². The largest absolute Gasteiger partial charge is 0.356 e. The van der Waals surface area contributed by atoms with Crippen molar-refractivity contribution in [3.8, 4) is 0 Å². The molecule has 0 spiro atoms. The number of ketones is 1. The molecule has 23 heavy (non-hydrogen) atoms. The highest BCUT2D eigenvalue weighted by Crippen LogP contribution is 2.23. The summed E-state index contributed by atoms with van der Waals surface area (Å²) in [6, 6.07) is 8.14. The van der Waals surface area contributed by atoms with Gasteiger partial charge in [-0.3, -0.25) is 4.79 Å². The van der Waals surface area contributed by atoms with Gasteiger partial charge in [0, 0.05) is 44.1 Å². The lowest BCUT2D eigenvalue weighted by Gasteiger charge is -2.37. The molecule has 3 heterocycles. The Hall–Kier alpha value is -2.50. The quantitative estimate of drug-likeness (QED) is 0.807. The minimum absolute atomic E-state index is 0.0494. The Labute approximate surface area is 136 Å². The van der Waals surface area contributed by atoms with Gasteiger partial charge in [-0.25, -0.2) is 4.98 Å². The first-order valence-corrected chi connectivity index (χ1v) is 7.87. The molecule has 120 valence electrons. The molecule has 0 aliphatic carbocycles. The zero-order chi connectivity index (χ0) is 16.2. The third-order valence-electron chi connectivity index (χ3n) is 4.41. The molecule has 0 unspecified atom stereocenters. The van der Waals surface area contributed by atoms with Crippen LogP contribution in [0.4, 0.5) is 11.6 Å². The van der Waals surface area contributed by atoms with Gasteiger partial charge in [0.25, 0.3) is 0 Å². The van der Waals surface area contributed by atoms with Gasteiger partial charge in [-0.2, -0.15) is 5.10 Å². The van der Waals surface area contributed by atoms with Crippen molar-refractivity contribution in [1.29, 1.82) is 0 Å². The molecule has 1 aliphatic rings. The van der Waals surface area contributed by atoms with Crippen molar-refractivity contribution in [2.24, 2.45) is 0 Å². The summed E-state index contributed by atoms with van der Waals surface area (Å²) in [5, 5.41) is 8.12. The fourth-order valence-corrected chi connectivity index (χ4v) is 2.93. The second-order valence-corrected chi connectivity index (χ2v) is 5.87. The third kappa shape index (κ3) is 3.47. The van der Waals surface area contributed by atoms with E-state index in [1.54, 1.807) is 19.3 Å². The molecule has 3 rings (SSSR count). The Morgan fingerprint density at radius 1 is 1.26 bits per heavy atom. The number of carbonyl (C=O) groups excluding carboxylic acids is 1. The molecule has 0 saturated carbocycles. The molecule has 1 saturated heterocycles. The standard InChI is InChI=1S/C17H21N5O/c1-13(23)14-5-6-16(18-12-14)22-10-7-15(8-11-22)21(2)17-4-3-9-19-20-17/h3-6,9,12,15H,7-8,10-11H2,1-2H3. The zero-order valence-corrected chi connectivity index (χ0v) is 13.5. The number of aromatic nitrogens is 3. The van der Waals surface area contributed by atoms with E-state index in [0.29, 0.717) is 11.6 Å². The van der Waals surface area contributed by atoms with E-state index in [2.05, 4.69) is 32.0 Å². The fraction of sp³-hybridized carbons (Fsp3) is 0.412. The first-order valence-electron chi connectivity index (χ1n) is 7.87. The van der Waals surface area contributed by atoms with Gasteiger partial charge in [0.15, 0.2) is 11.6 Å². The Morgan fingerprint density at radius 3 is 2.61 bits per heavy atom. The predicted octanol–water partition coefficient (Wildman–Crippen LogP) is 2.18. The van der Waals surface area contributed by atoms with Crippen LogP contribution in [0.25, 0.3) is 0 Å². The topological polar surface area (TPSA) is 62.2 Å². The molecule has 1 fully saturated rings. The van der Waals surface area contributed by atoms with Crippen LogP contribution in [0.2, 0.25) is 0 Å². The normalized spacial score (nSPS) is 15.5. The summed E-state index contributed by atoms with van der Waals surface area (Å²) in [6.07, 6.45) is 5.44. The predicted molar refractivity (Wildman–Crippen MR) is 89.9 cm³/mol. The number of anilines is 2. The molecule has 1 aliphatic heterocycles. The van der Waals surface area contributed by atoms with Crippen molar-refractivity contribution in [2.45, 2.75) is 25.8 Å². The fourth-order valence-electron chi connectivity index (χ4n) is 2.93. The number of hydrogen-bond donors (Lipinski definition) is 0. The molecule has 0 amide bonds. The average Bonchev–Trinajstić information content (AvgIpc) is 2.62. The van der Waals surface area contributed by atoms with Crippen LogP contribution in [0.15, 0.2) is 36.7 Å². The Balaban J connectivity index is 1.61. The van der Waals surface area contributed by atoms with Gasteiger partial charge >= 0.3 is 0 Å². The van der Waals surface area contributed by atoms with E-state index in [1.165, 1.54) is 0 Å². The van der Waals surface area contributed by atoms with E-state index in [-0.39, 0.29) is 5.78 Å². The third-order valence-corrected chi connectivity index (χ3v) is 4.41. The van der Waals surface area contributed by atoms with Crippen molar-refractivity contribution >= 4 is 17.4 Å². The second kappa shape index (κ2) is 6.73. The minimum Gasteiger partial charge on any atom is -0.356 e. The van der Waals surface area contributed by atoms with Crippen molar-refractivity contribution in [3.05, 3.63) is 42.2 Å². The molecule has 2 aromatic rings. The maximum Gasteiger partial charge on any atom is 0.161 e. The highest BCUT2D eigenvalue weighted by molar-refractivity contribution is 5.93. The second-order valence-electron chi connectivity index (χ2n) is 5.87. The van der Waals surface area contributed by atoms with Crippen LogP contribution in [0.1, 0.15) is 30.1 Å². The molecule has 0 bridgehead atoms. The van der Waals surface area contributed by atoms with Gasteiger partial charge in [-0.1, -0.05) is 0 Å². The number of hydrogen-bond acceptors (Lipinski definition) is 6. The number of piperidine rings is 1. The maximum absolute atomic E-state index is 11.3. The van der Waals surface area contributed by atoms with Crippen LogP contribution in [-0.4, -0.2) is 47.1 Å². The molecular formula is C17H21N5O. The maximum atomic E-state index is 11.3. The van der Waals surface area contributed by atoms with Gasteiger partial charge in [0.05, 0.1) is 0 Å². The van der Waals surface area contributed by atoms with Crippen molar-refractivity contribution < 1.29 is 4.79 Å². The number of carbonyl (C=O) groups is 1. The SMILES string of the molecule is CC(=O)c1ccc(N2CCC(N(C)c3cccnn3)CC2)nc1. The zero-order valence-electron chi connectivity index (χ0n) is 13.5. The van der Waals surface area contributed by atoms with Gasteiger partial charge in [-0.15, -0.1) is 5.10 Å². The lowest BCUT2D eigenvalue weighted by molar-refractivity contribution is 0.101. The number of nitrogens with zero attached hydrogens (tertiary/aromatic N) is 5. The monoisotopic (exact) mass is 311 g/mol. The van der Waals surface area contributed by atoms with E-state index in [9.17, 15) is 4.79 Å².